The smallest absolute Gasteiger partial charge is 0.152 e. The number of carbonyl (C=O) groups is 1. The third-order valence-electron chi connectivity index (χ3n) is 1.84. The van der Waals surface area contributed by atoms with Crippen molar-refractivity contribution >= 4 is 45.3 Å². The molecule has 4 heteroatoms. The highest BCUT2D eigenvalue weighted by Gasteiger charge is 2.07. The van der Waals surface area contributed by atoms with Crippen LogP contribution in [0.1, 0.15) is 10.4 Å². The van der Waals surface area contributed by atoms with Gasteiger partial charge in [-0.2, -0.15) is 0 Å². The molecule has 0 bridgehead atoms. The van der Waals surface area contributed by atoms with Crippen LogP contribution in [0.5, 0.6) is 0 Å². The molecule has 1 aromatic heterocycles. The van der Waals surface area contributed by atoms with Crippen LogP contribution < -0.4 is 0 Å². The van der Waals surface area contributed by atoms with Crippen LogP contribution in [-0.4, -0.2) is 6.29 Å². The lowest BCUT2D eigenvalue weighted by molar-refractivity contribution is 0.112. The van der Waals surface area contributed by atoms with E-state index in [1.165, 1.54) is 4.21 Å². The molecule has 0 spiro atoms. The highest BCUT2D eigenvalue weighted by molar-refractivity contribution is 9.10. The first-order chi connectivity index (χ1) is 7.31. The zero-order valence-corrected chi connectivity index (χ0v) is 10.9. The Labute approximate surface area is 105 Å². The number of hydrogen-bond acceptors (Lipinski definition) is 3. The summed E-state index contributed by atoms with van der Waals surface area (Å²) >= 11 is 6.66. The predicted octanol–water partition coefficient (Wildman–Crippen LogP) is 4.47. The lowest BCUT2D eigenvalue weighted by Gasteiger charge is -2.03. The van der Waals surface area contributed by atoms with Gasteiger partial charge in [0.2, 0.25) is 0 Å². The van der Waals surface area contributed by atoms with E-state index in [2.05, 4.69) is 15.9 Å². The second-order valence-corrected chi connectivity index (χ2v) is 5.95. The lowest BCUT2D eigenvalue weighted by atomic mass is 10.2. The van der Waals surface area contributed by atoms with Crippen molar-refractivity contribution in [2.45, 2.75) is 9.10 Å². The van der Waals surface area contributed by atoms with Gasteiger partial charge in [-0.3, -0.25) is 4.79 Å². The van der Waals surface area contributed by atoms with Crippen molar-refractivity contribution in [3.63, 3.8) is 0 Å². The molecule has 1 nitrogen and oxygen atoms in total. The first-order valence-corrected chi connectivity index (χ1v) is 6.75. The monoisotopic (exact) mass is 298 g/mol. The van der Waals surface area contributed by atoms with Crippen LogP contribution in [0.15, 0.2) is 49.3 Å². The molecular formula is C11H7BrOS2. The third-order valence-corrected chi connectivity index (χ3v) is 4.64. The highest BCUT2D eigenvalue weighted by atomic mass is 79.9. The predicted molar refractivity (Wildman–Crippen MR) is 68.0 cm³/mol. The number of aldehydes is 1. The average molecular weight is 299 g/mol. The van der Waals surface area contributed by atoms with Gasteiger partial charge in [-0.05, 0) is 23.6 Å². The Morgan fingerprint density at radius 2 is 2.13 bits per heavy atom. The molecule has 0 radical (unpaired) electrons. The topological polar surface area (TPSA) is 17.1 Å². The van der Waals surface area contributed by atoms with Crippen molar-refractivity contribution in [2.75, 3.05) is 0 Å². The van der Waals surface area contributed by atoms with Gasteiger partial charge >= 0.3 is 0 Å². The first kappa shape index (κ1) is 10.9. The summed E-state index contributed by atoms with van der Waals surface area (Å²) in [5.74, 6) is 0. The van der Waals surface area contributed by atoms with Gasteiger partial charge in [0.1, 0.15) is 0 Å². The fourth-order valence-corrected chi connectivity index (χ4v) is 3.60. The van der Waals surface area contributed by atoms with Gasteiger partial charge in [0.25, 0.3) is 0 Å². The van der Waals surface area contributed by atoms with E-state index in [9.17, 15) is 4.79 Å². The molecule has 0 aliphatic carbocycles. The standard InChI is InChI=1S/C11H7BrOS2/c12-9-3-1-4-10(8(9)7-13)15-11-5-2-6-14-11/h1-7H. The van der Waals surface area contributed by atoms with Crippen LogP contribution in [0, 0.1) is 0 Å². The zero-order chi connectivity index (χ0) is 10.7. The van der Waals surface area contributed by atoms with E-state index in [0.717, 1.165) is 21.2 Å². The fourth-order valence-electron chi connectivity index (χ4n) is 1.15. The summed E-state index contributed by atoms with van der Waals surface area (Å²) < 4.78 is 2.04. The van der Waals surface area contributed by atoms with Crippen molar-refractivity contribution in [1.82, 2.24) is 0 Å². The van der Waals surface area contributed by atoms with Gasteiger partial charge in [-0.15, -0.1) is 11.3 Å². The molecule has 76 valence electrons. The number of carbonyl (C=O) groups excluding carboxylic acids is 1. The van der Waals surface area contributed by atoms with E-state index in [1.54, 1.807) is 23.1 Å². The second kappa shape index (κ2) is 4.96. The number of halogens is 1. The maximum atomic E-state index is 10.9. The Hall–Kier alpha value is -0.580. The Balaban J connectivity index is 2.36. The number of rotatable bonds is 3. The van der Waals surface area contributed by atoms with Crippen LogP contribution in [0.4, 0.5) is 0 Å². The van der Waals surface area contributed by atoms with Crippen molar-refractivity contribution in [3.05, 3.63) is 45.7 Å². The van der Waals surface area contributed by atoms with Crippen molar-refractivity contribution in [2.24, 2.45) is 0 Å². The molecule has 0 saturated carbocycles. The van der Waals surface area contributed by atoms with Crippen LogP contribution >= 0.6 is 39.0 Å². The van der Waals surface area contributed by atoms with Gasteiger partial charge in [0.15, 0.2) is 6.29 Å². The summed E-state index contributed by atoms with van der Waals surface area (Å²) in [6.45, 7) is 0. The molecule has 2 rings (SSSR count). The normalized spacial score (nSPS) is 10.2. The molecule has 0 amide bonds. The molecule has 15 heavy (non-hydrogen) atoms. The molecule has 0 aliphatic rings. The van der Waals surface area contributed by atoms with Crippen molar-refractivity contribution < 1.29 is 4.79 Å². The molecule has 0 fully saturated rings. The molecule has 2 aromatic rings. The Bertz CT molecular complexity index is 465. The number of thiophene rings is 1. The summed E-state index contributed by atoms with van der Waals surface area (Å²) in [7, 11) is 0. The van der Waals surface area contributed by atoms with E-state index < -0.39 is 0 Å². The molecular weight excluding hydrogens is 292 g/mol. The fraction of sp³-hybridized carbons (Fsp3) is 0. The number of benzene rings is 1. The van der Waals surface area contributed by atoms with E-state index in [1.807, 2.05) is 35.7 Å². The van der Waals surface area contributed by atoms with E-state index in [0.29, 0.717) is 0 Å². The van der Waals surface area contributed by atoms with Crippen molar-refractivity contribution in [3.8, 4) is 0 Å². The molecule has 0 saturated heterocycles. The zero-order valence-electron chi connectivity index (χ0n) is 7.64. The second-order valence-electron chi connectivity index (χ2n) is 2.80. The van der Waals surface area contributed by atoms with E-state index >= 15 is 0 Å². The largest absolute Gasteiger partial charge is 0.298 e. The Morgan fingerprint density at radius 1 is 1.27 bits per heavy atom. The molecule has 0 unspecified atom stereocenters. The average Bonchev–Trinajstić information content (AvgIpc) is 2.71. The first-order valence-electron chi connectivity index (χ1n) is 4.26. The minimum absolute atomic E-state index is 0.718. The maximum Gasteiger partial charge on any atom is 0.152 e. The van der Waals surface area contributed by atoms with E-state index in [-0.39, 0.29) is 0 Å². The summed E-state index contributed by atoms with van der Waals surface area (Å²) in [6, 6.07) is 9.82. The SMILES string of the molecule is O=Cc1c(Br)cccc1Sc1cccs1. The molecule has 0 N–H and O–H groups in total. The molecule has 1 heterocycles. The highest BCUT2D eigenvalue weighted by Crippen LogP contribution is 2.35. The van der Waals surface area contributed by atoms with Gasteiger partial charge in [-0.1, -0.05) is 39.8 Å². The maximum absolute atomic E-state index is 10.9. The minimum atomic E-state index is 0.718. The Kier molecular flexibility index (Phi) is 3.61. The van der Waals surface area contributed by atoms with Gasteiger partial charge in [-0.25, -0.2) is 0 Å². The summed E-state index contributed by atoms with van der Waals surface area (Å²) in [5, 5.41) is 2.03. The van der Waals surface area contributed by atoms with Gasteiger partial charge in [0, 0.05) is 14.9 Å². The minimum Gasteiger partial charge on any atom is -0.298 e. The van der Waals surface area contributed by atoms with Gasteiger partial charge in [0.05, 0.1) is 4.21 Å². The van der Waals surface area contributed by atoms with E-state index in [4.69, 9.17) is 0 Å². The van der Waals surface area contributed by atoms with Crippen LogP contribution in [0.25, 0.3) is 0 Å². The molecule has 1 aromatic carbocycles. The van der Waals surface area contributed by atoms with Crippen molar-refractivity contribution in [1.29, 1.82) is 0 Å². The Morgan fingerprint density at radius 3 is 2.80 bits per heavy atom. The molecule has 0 atom stereocenters. The third kappa shape index (κ3) is 2.51. The van der Waals surface area contributed by atoms with Gasteiger partial charge < -0.3 is 0 Å². The summed E-state index contributed by atoms with van der Waals surface area (Å²) in [4.78, 5) is 11.9. The summed E-state index contributed by atoms with van der Waals surface area (Å²) in [6.07, 6.45) is 0.889. The molecule has 0 aliphatic heterocycles. The summed E-state index contributed by atoms with van der Waals surface area (Å²) in [5.41, 5.74) is 0.718. The van der Waals surface area contributed by atoms with Crippen LogP contribution in [-0.2, 0) is 0 Å². The van der Waals surface area contributed by atoms with Crippen LogP contribution in [0.2, 0.25) is 0 Å². The van der Waals surface area contributed by atoms with Crippen LogP contribution in [0.3, 0.4) is 0 Å². The number of hydrogen-bond donors (Lipinski definition) is 0. The quantitative estimate of drug-likeness (QED) is 0.778. The lowest BCUT2D eigenvalue weighted by Crippen LogP contribution is -1.85.